The highest BCUT2D eigenvalue weighted by Gasteiger charge is 2.10. The van der Waals surface area contributed by atoms with E-state index < -0.39 is 5.97 Å². The van der Waals surface area contributed by atoms with Gasteiger partial charge in [0.15, 0.2) is 0 Å². The van der Waals surface area contributed by atoms with Gasteiger partial charge in [-0.15, -0.1) is 0 Å². The van der Waals surface area contributed by atoms with Crippen LogP contribution in [0.15, 0.2) is 36.4 Å². The van der Waals surface area contributed by atoms with Crippen molar-refractivity contribution in [2.75, 3.05) is 5.75 Å². The van der Waals surface area contributed by atoms with Crippen LogP contribution in [0, 0.1) is 5.92 Å². The summed E-state index contributed by atoms with van der Waals surface area (Å²) in [4.78, 5) is 15.2. The largest absolute Gasteiger partial charge is 0.481 e. The van der Waals surface area contributed by atoms with Crippen molar-refractivity contribution in [1.29, 1.82) is 0 Å². The van der Waals surface area contributed by atoms with Gasteiger partial charge in [0.2, 0.25) is 0 Å². The number of para-hydroxylation sites is 1. The first kappa shape index (κ1) is 12.9. The molecule has 0 fully saturated rings. The van der Waals surface area contributed by atoms with E-state index in [1.807, 2.05) is 30.3 Å². The molecule has 0 amide bonds. The number of carboxylic acids is 1. The Hall–Kier alpha value is -1.55. The first-order valence-corrected chi connectivity index (χ1v) is 6.97. The van der Waals surface area contributed by atoms with Gasteiger partial charge in [-0.2, -0.15) is 11.8 Å². The number of carbonyl (C=O) groups is 1. The summed E-state index contributed by atoms with van der Waals surface area (Å²) in [5, 5.41) is 9.92. The van der Waals surface area contributed by atoms with Gasteiger partial charge in [-0.3, -0.25) is 9.78 Å². The summed E-state index contributed by atoms with van der Waals surface area (Å²) in [6, 6.07) is 12.0. The molecule has 4 heteroatoms. The highest BCUT2D eigenvalue weighted by Crippen LogP contribution is 2.17. The van der Waals surface area contributed by atoms with E-state index in [2.05, 4.69) is 11.1 Å². The molecule has 2 rings (SSSR count). The Morgan fingerprint density at radius 1 is 1.33 bits per heavy atom. The van der Waals surface area contributed by atoms with Crippen molar-refractivity contribution in [2.24, 2.45) is 5.92 Å². The second-order valence-corrected chi connectivity index (χ2v) is 5.28. The monoisotopic (exact) mass is 261 g/mol. The first-order valence-electron chi connectivity index (χ1n) is 5.82. The van der Waals surface area contributed by atoms with E-state index in [1.54, 1.807) is 18.7 Å². The van der Waals surface area contributed by atoms with Crippen molar-refractivity contribution >= 4 is 28.6 Å². The third-order valence-corrected chi connectivity index (χ3v) is 3.93. The quantitative estimate of drug-likeness (QED) is 0.898. The molecule has 1 aromatic heterocycles. The van der Waals surface area contributed by atoms with Crippen LogP contribution < -0.4 is 0 Å². The minimum Gasteiger partial charge on any atom is -0.481 e. The molecule has 1 atom stereocenters. The SMILES string of the molecule is CC(CSCc1ccc2ccccc2n1)C(=O)O. The summed E-state index contributed by atoms with van der Waals surface area (Å²) in [5.41, 5.74) is 1.98. The molecule has 2 aromatic rings. The predicted molar refractivity (Wildman–Crippen MR) is 74.7 cm³/mol. The summed E-state index contributed by atoms with van der Waals surface area (Å²) in [6.07, 6.45) is 0. The molecular formula is C14H15NO2S. The number of nitrogens with zero attached hydrogens (tertiary/aromatic N) is 1. The van der Waals surface area contributed by atoms with E-state index in [-0.39, 0.29) is 5.92 Å². The van der Waals surface area contributed by atoms with Gasteiger partial charge in [-0.05, 0) is 12.1 Å². The normalized spacial score (nSPS) is 12.5. The van der Waals surface area contributed by atoms with Crippen molar-refractivity contribution in [3.63, 3.8) is 0 Å². The van der Waals surface area contributed by atoms with Crippen molar-refractivity contribution in [3.05, 3.63) is 42.1 Å². The number of hydrogen-bond acceptors (Lipinski definition) is 3. The lowest BCUT2D eigenvalue weighted by Crippen LogP contribution is -2.11. The van der Waals surface area contributed by atoms with E-state index in [0.717, 1.165) is 22.3 Å². The summed E-state index contributed by atoms with van der Waals surface area (Å²) in [7, 11) is 0. The van der Waals surface area contributed by atoms with Gasteiger partial charge < -0.3 is 5.11 Å². The molecule has 1 heterocycles. The zero-order chi connectivity index (χ0) is 13.0. The summed E-state index contributed by atoms with van der Waals surface area (Å²) in [6.45, 7) is 1.73. The van der Waals surface area contributed by atoms with Gasteiger partial charge in [-0.1, -0.05) is 31.2 Å². The lowest BCUT2D eigenvalue weighted by atomic mass is 10.2. The lowest BCUT2D eigenvalue weighted by Gasteiger charge is -2.06. The van der Waals surface area contributed by atoms with Crippen LogP contribution in [0.2, 0.25) is 0 Å². The number of thioether (sulfide) groups is 1. The second-order valence-electron chi connectivity index (χ2n) is 4.25. The lowest BCUT2D eigenvalue weighted by molar-refractivity contribution is -0.140. The minimum atomic E-state index is -0.742. The highest BCUT2D eigenvalue weighted by molar-refractivity contribution is 7.98. The first-order chi connectivity index (χ1) is 8.66. The summed E-state index contributed by atoms with van der Waals surface area (Å²) < 4.78 is 0. The van der Waals surface area contributed by atoms with E-state index in [0.29, 0.717) is 5.75 Å². The van der Waals surface area contributed by atoms with Crippen LogP contribution in [0.4, 0.5) is 0 Å². The van der Waals surface area contributed by atoms with Crippen LogP contribution in [0.5, 0.6) is 0 Å². The number of carboxylic acid groups (broad SMARTS) is 1. The van der Waals surface area contributed by atoms with E-state index >= 15 is 0 Å². The fraction of sp³-hybridized carbons (Fsp3) is 0.286. The van der Waals surface area contributed by atoms with Crippen LogP contribution in [0.25, 0.3) is 10.9 Å². The number of pyridine rings is 1. The molecule has 0 bridgehead atoms. The molecule has 3 nitrogen and oxygen atoms in total. The third-order valence-electron chi connectivity index (χ3n) is 2.70. The molecule has 0 aliphatic carbocycles. The van der Waals surface area contributed by atoms with Crippen molar-refractivity contribution < 1.29 is 9.90 Å². The average molecular weight is 261 g/mol. The Labute approximate surface area is 110 Å². The number of rotatable bonds is 5. The predicted octanol–water partition coefficient (Wildman–Crippen LogP) is 3.19. The molecule has 1 N–H and O–H groups in total. The molecule has 0 saturated heterocycles. The standard InChI is InChI=1S/C14H15NO2S/c1-10(14(16)17)8-18-9-12-7-6-11-4-2-3-5-13(11)15-12/h2-7,10H,8-9H2,1H3,(H,16,17). The maximum absolute atomic E-state index is 10.7. The van der Waals surface area contributed by atoms with Crippen LogP contribution in [-0.2, 0) is 10.5 Å². The van der Waals surface area contributed by atoms with Gasteiger partial charge in [0, 0.05) is 16.9 Å². The van der Waals surface area contributed by atoms with Crippen LogP contribution >= 0.6 is 11.8 Å². The summed E-state index contributed by atoms with van der Waals surface area (Å²) >= 11 is 1.61. The fourth-order valence-electron chi connectivity index (χ4n) is 1.60. The van der Waals surface area contributed by atoms with Crippen LogP contribution in [0.3, 0.4) is 0 Å². The van der Waals surface area contributed by atoms with Crippen LogP contribution in [-0.4, -0.2) is 21.8 Å². The number of fused-ring (bicyclic) bond motifs is 1. The Balaban J connectivity index is 1.98. The molecule has 0 radical (unpaired) electrons. The van der Waals surface area contributed by atoms with Gasteiger partial charge in [-0.25, -0.2) is 0 Å². The molecule has 0 aliphatic heterocycles. The number of benzene rings is 1. The highest BCUT2D eigenvalue weighted by atomic mass is 32.2. The molecule has 0 saturated carbocycles. The van der Waals surface area contributed by atoms with Gasteiger partial charge in [0.25, 0.3) is 0 Å². The maximum Gasteiger partial charge on any atom is 0.307 e. The molecule has 0 aliphatic rings. The molecule has 0 spiro atoms. The molecule has 1 aromatic carbocycles. The summed E-state index contributed by atoms with van der Waals surface area (Å²) in [5.74, 6) is 0.316. The van der Waals surface area contributed by atoms with Crippen LogP contribution in [0.1, 0.15) is 12.6 Å². The van der Waals surface area contributed by atoms with Gasteiger partial charge in [0.05, 0.1) is 17.1 Å². The Morgan fingerprint density at radius 3 is 2.89 bits per heavy atom. The smallest absolute Gasteiger partial charge is 0.307 e. The Morgan fingerprint density at radius 2 is 2.11 bits per heavy atom. The maximum atomic E-state index is 10.7. The van der Waals surface area contributed by atoms with Crippen molar-refractivity contribution in [2.45, 2.75) is 12.7 Å². The van der Waals surface area contributed by atoms with E-state index in [1.165, 1.54) is 0 Å². The van der Waals surface area contributed by atoms with E-state index in [9.17, 15) is 4.79 Å². The fourth-order valence-corrected chi connectivity index (χ4v) is 2.58. The molecule has 1 unspecified atom stereocenters. The van der Waals surface area contributed by atoms with Crippen molar-refractivity contribution in [3.8, 4) is 0 Å². The molecule has 18 heavy (non-hydrogen) atoms. The molecule has 94 valence electrons. The number of hydrogen-bond donors (Lipinski definition) is 1. The van der Waals surface area contributed by atoms with Crippen molar-refractivity contribution in [1.82, 2.24) is 4.98 Å². The topological polar surface area (TPSA) is 50.2 Å². The number of aliphatic carboxylic acids is 1. The molecular weight excluding hydrogens is 246 g/mol. The minimum absolute atomic E-state index is 0.310. The zero-order valence-electron chi connectivity index (χ0n) is 10.2. The Kier molecular flexibility index (Phi) is 4.20. The number of aromatic nitrogens is 1. The second kappa shape index (κ2) is 5.87. The van der Waals surface area contributed by atoms with Gasteiger partial charge in [0.1, 0.15) is 0 Å². The average Bonchev–Trinajstić information content (AvgIpc) is 2.38. The Bertz CT molecular complexity index is 556. The van der Waals surface area contributed by atoms with E-state index in [4.69, 9.17) is 5.11 Å². The third kappa shape index (κ3) is 3.23. The van der Waals surface area contributed by atoms with Gasteiger partial charge >= 0.3 is 5.97 Å². The zero-order valence-corrected chi connectivity index (χ0v) is 11.0.